The molecule has 1 aromatic heterocycles. The predicted molar refractivity (Wildman–Crippen MR) is 135 cm³/mol. The van der Waals surface area contributed by atoms with Crippen LogP contribution in [-0.4, -0.2) is 28.1 Å². The number of methoxy groups -OCH3 is 1. The van der Waals surface area contributed by atoms with Crippen LogP contribution in [0.2, 0.25) is 5.02 Å². The summed E-state index contributed by atoms with van der Waals surface area (Å²) in [4.78, 5) is 4.68. The number of thioether (sulfide) groups is 1. The minimum Gasteiger partial charge on any atom is -0.497 e. The Kier molecular flexibility index (Phi) is 5.42. The summed E-state index contributed by atoms with van der Waals surface area (Å²) in [6.07, 6.45) is 1.23. The van der Waals surface area contributed by atoms with Gasteiger partial charge in [-0.25, -0.2) is 9.07 Å². The molecule has 0 fully saturated rings. The van der Waals surface area contributed by atoms with Gasteiger partial charge < -0.3 is 14.8 Å². The molecule has 1 N–H and O–H groups in total. The van der Waals surface area contributed by atoms with E-state index in [0.29, 0.717) is 27.4 Å². The lowest BCUT2D eigenvalue weighted by Crippen LogP contribution is -2.32. The van der Waals surface area contributed by atoms with E-state index in [0.717, 1.165) is 28.1 Å². The molecule has 0 saturated heterocycles. The highest BCUT2D eigenvalue weighted by Gasteiger charge is 2.42. The average molecular weight is 507 g/mol. The van der Waals surface area contributed by atoms with Gasteiger partial charge in [0.25, 0.3) is 0 Å². The van der Waals surface area contributed by atoms with E-state index in [1.165, 1.54) is 17.8 Å². The summed E-state index contributed by atoms with van der Waals surface area (Å²) in [5.74, 6) is 1.60. The third-order valence-corrected chi connectivity index (χ3v) is 6.99. The maximum atomic E-state index is 15.2. The van der Waals surface area contributed by atoms with Gasteiger partial charge in [-0.2, -0.15) is 4.98 Å². The number of hydrogen-bond acceptors (Lipinski definition) is 6. The summed E-state index contributed by atoms with van der Waals surface area (Å²) in [5.41, 5.74) is 3.78. The summed E-state index contributed by atoms with van der Waals surface area (Å²) in [7, 11) is 1.63. The Morgan fingerprint density at radius 2 is 1.91 bits per heavy atom. The van der Waals surface area contributed by atoms with Crippen molar-refractivity contribution in [2.45, 2.75) is 17.3 Å². The molecule has 6 rings (SSSR count). The molecule has 0 saturated carbocycles. The molecule has 0 spiro atoms. The highest BCUT2D eigenvalue weighted by molar-refractivity contribution is 7.98. The van der Waals surface area contributed by atoms with Crippen molar-refractivity contribution in [2.75, 3.05) is 18.7 Å². The number of halogens is 2. The molecule has 0 radical (unpaired) electrons. The highest BCUT2D eigenvalue weighted by atomic mass is 35.5. The SMILES string of the molecule is COc1ccc([C@H]2C3=C(Nc4nc(SC)nn42)c2cc(Cl)ccc2O[C@@H]3c2ccccc2F)cc1. The Morgan fingerprint density at radius 1 is 1.11 bits per heavy atom. The van der Waals surface area contributed by atoms with Gasteiger partial charge in [-0.05, 0) is 48.2 Å². The van der Waals surface area contributed by atoms with Crippen LogP contribution >= 0.6 is 23.4 Å². The quantitative estimate of drug-likeness (QED) is 0.325. The minimum absolute atomic E-state index is 0.343. The van der Waals surface area contributed by atoms with E-state index in [9.17, 15) is 0 Å². The van der Waals surface area contributed by atoms with Gasteiger partial charge in [0.2, 0.25) is 11.1 Å². The molecule has 0 aliphatic carbocycles. The van der Waals surface area contributed by atoms with Crippen molar-refractivity contribution in [1.29, 1.82) is 0 Å². The normalized spacial score (nSPS) is 18.2. The lowest BCUT2D eigenvalue weighted by Gasteiger charge is -2.39. The van der Waals surface area contributed by atoms with Crippen LogP contribution in [0.25, 0.3) is 5.70 Å². The molecule has 176 valence electrons. The molecule has 35 heavy (non-hydrogen) atoms. The molecule has 9 heteroatoms. The number of ether oxygens (including phenoxy) is 2. The fraction of sp³-hybridized carbons (Fsp3) is 0.154. The topological polar surface area (TPSA) is 61.2 Å². The van der Waals surface area contributed by atoms with E-state index in [4.69, 9.17) is 26.2 Å². The van der Waals surface area contributed by atoms with Crippen LogP contribution in [0.1, 0.15) is 28.8 Å². The molecule has 6 nitrogen and oxygen atoms in total. The fourth-order valence-electron chi connectivity index (χ4n) is 4.62. The molecule has 2 aliphatic rings. The molecule has 2 atom stereocenters. The monoisotopic (exact) mass is 506 g/mol. The van der Waals surface area contributed by atoms with Gasteiger partial charge in [0.15, 0.2) is 6.10 Å². The third-order valence-electron chi connectivity index (χ3n) is 6.22. The first kappa shape index (κ1) is 22.0. The van der Waals surface area contributed by atoms with E-state index in [-0.39, 0.29) is 5.82 Å². The van der Waals surface area contributed by atoms with Crippen LogP contribution in [0.5, 0.6) is 11.5 Å². The van der Waals surface area contributed by atoms with Gasteiger partial charge >= 0.3 is 0 Å². The zero-order valence-electron chi connectivity index (χ0n) is 18.8. The largest absolute Gasteiger partial charge is 0.497 e. The van der Waals surface area contributed by atoms with Gasteiger partial charge in [0.05, 0.1) is 12.8 Å². The van der Waals surface area contributed by atoms with Crippen molar-refractivity contribution in [3.05, 3.63) is 99.8 Å². The Morgan fingerprint density at radius 3 is 2.66 bits per heavy atom. The summed E-state index contributed by atoms with van der Waals surface area (Å²) in [6, 6.07) is 19.5. The molecule has 3 aromatic carbocycles. The van der Waals surface area contributed by atoms with Gasteiger partial charge in [-0.3, -0.25) is 0 Å². The number of anilines is 1. The van der Waals surface area contributed by atoms with E-state index < -0.39 is 12.1 Å². The second-order valence-electron chi connectivity index (χ2n) is 8.16. The van der Waals surface area contributed by atoms with Crippen LogP contribution in [-0.2, 0) is 0 Å². The number of hydrogen-bond donors (Lipinski definition) is 1. The molecular weight excluding hydrogens is 487 g/mol. The maximum absolute atomic E-state index is 15.2. The zero-order valence-corrected chi connectivity index (χ0v) is 20.4. The van der Waals surface area contributed by atoms with Gasteiger partial charge in [0.1, 0.15) is 23.4 Å². The number of rotatable bonds is 4. The Balaban J connectivity index is 1.64. The maximum Gasteiger partial charge on any atom is 0.227 e. The van der Waals surface area contributed by atoms with Crippen LogP contribution < -0.4 is 14.8 Å². The van der Waals surface area contributed by atoms with Crippen molar-refractivity contribution in [3.63, 3.8) is 0 Å². The van der Waals surface area contributed by atoms with Crippen molar-refractivity contribution in [3.8, 4) is 11.5 Å². The fourth-order valence-corrected chi connectivity index (χ4v) is 5.14. The summed E-state index contributed by atoms with van der Waals surface area (Å²) in [6.45, 7) is 0. The van der Waals surface area contributed by atoms with E-state index >= 15 is 4.39 Å². The van der Waals surface area contributed by atoms with Gasteiger partial charge in [0, 0.05) is 21.7 Å². The smallest absolute Gasteiger partial charge is 0.227 e. The van der Waals surface area contributed by atoms with Crippen LogP contribution in [0.4, 0.5) is 10.3 Å². The molecule has 4 aromatic rings. The lowest BCUT2D eigenvalue weighted by atomic mass is 9.84. The first-order valence-corrected chi connectivity index (χ1v) is 12.5. The number of benzene rings is 3. The van der Waals surface area contributed by atoms with E-state index in [2.05, 4.69) is 10.3 Å². The number of nitrogens with zero attached hydrogens (tertiary/aromatic N) is 3. The molecule has 2 aliphatic heterocycles. The first-order valence-electron chi connectivity index (χ1n) is 10.9. The van der Waals surface area contributed by atoms with Crippen molar-refractivity contribution < 1.29 is 13.9 Å². The van der Waals surface area contributed by atoms with Crippen LogP contribution in [0, 0.1) is 5.82 Å². The van der Waals surface area contributed by atoms with Gasteiger partial charge in [-0.15, -0.1) is 5.10 Å². The molecule has 0 bridgehead atoms. The molecule has 0 unspecified atom stereocenters. The third kappa shape index (κ3) is 3.64. The van der Waals surface area contributed by atoms with Crippen molar-refractivity contribution >= 4 is 35.0 Å². The van der Waals surface area contributed by atoms with E-state index in [1.807, 2.05) is 53.4 Å². The number of fused-ring (bicyclic) bond motifs is 3. The average Bonchev–Trinajstić information content (AvgIpc) is 3.30. The summed E-state index contributed by atoms with van der Waals surface area (Å²) in [5, 5.41) is 9.40. The molecular formula is C26H20ClFN4O2S. The van der Waals surface area contributed by atoms with Crippen LogP contribution in [0.3, 0.4) is 0 Å². The second kappa shape index (κ2) is 8.62. The minimum atomic E-state index is -0.699. The standard InChI is InChI=1S/C26H20ClFN4O2S/c1-33-16-10-7-14(8-11-16)23-21-22(29-25-30-26(35-2)31-32(23)25)18-13-15(27)9-12-20(18)34-24(21)17-5-3-4-6-19(17)28/h3-13,23-24H,1-2H3,(H,29,30,31)/t23-,24+/m0/s1. The number of aromatic nitrogens is 3. The molecule has 0 amide bonds. The predicted octanol–water partition coefficient (Wildman–Crippen LogP) is 6.36. The van der Waals surface area contributed by atoms with Crippen LogP contribution in [0.15, 0.2) is 77.5 Å². The Hall–Kier alpha value is -3.49. The lowest BCUT2D eigenvalue weighted by molar-refractivity contribution is 0.218. The first-order chi connectivity index (χ1) is 17.1. The summed E-state index contributed by atoms with van der Waals surface area (Å²) < 4.78 is 28.8. The van der Waals surface area contributed by atoms with Gasteiger partial charge in [-0.1, -0.05) is 53.7 Å². The Bertz CT molecular complexity index is 1470. The van der Waals surface area contributed by atoms with Crippen molar-refractivity contribution in [2.24, 2.45) is 0 Å². The van der Waals surface area contributed by atoms with Crippen molar-refractivity contribution in [1.82, 2.24) is 14.8 Å². The zero-order chi connectivity index (χ0) is 24.1. The van der Waals surface area contributed by atoms with E-state index in [1.54, 1.807) is 25.3 Å². The number of nitrogens with one attached hydrogen (secondary N) is 1. The molecule has 3 heterocycles. The highest BCUT2D eigenvalue weighted by Crippen LogP contribution is 2.51. The summed E-state index contributed by atoms with van der Waals surface area (Å²) >= 11 is 7.84. The Labute approximate surface area is 210 Å². The second-order valence-corrected chi connectivity index (χ2v) is 9.37.